The number of nitro benzene ring substituents is 1. The van der Waals surface area contributed by atoms with Gasteiger partial charge in [0, 0.05) is 49.4 Å². The van der Waals surface area contributed by atoms with E-state index >= 15 is 0 Å². The maximum absolute atomic E-state index is 13.9. The van der Waals surface area contributed by atoms with Gasteiger partial charge in [0.2, 0.25) is 0 Å². The number of amides is 1. The molecule has 136 valence electrons. The lowest BCUT2D eigenvalue weighted by Crippen LogP contribution is -2.48. The van der Waals surface area contributed by atoms with Gasteiger partial charge >= 0.3 is 0 Å². The number of rotatable bonds is 4. The molecule has 1 amide bonds. The third kappa shape index (κ3) is 3.84. The summed E-state index contributed by atoms with van der Waals surface area (Å²) in [7, 11) is 0. The molecule has 1 aliphatic rings. The minimum atomic E-state index is -0.552. The van der Waals surface area contributed by atoms with Crippen LogP contribution in [0.15, 0.2) is 42.5 Å². The zero-order chi connectivity index (χ0) is 18.7. The van der Waals surface area contributed by atoms with Gasteiger partial charge in [0.25, 0.3) is 11.6 Å². The lowest BCUT2D eigenvalue weighted by molar-refractivity contribution is -0.385. The standard InChI is InChI=1S/C18H17ClFN3O3/c19-15-5-3-6-16(20)14(15)12-21-8-10-22(11-9-21)18(24)13-4-1-2-7-17(13)23(25)26/h1-7H,8-12H2. The molecule has 0 spiro atoms. The van der Waals surface area contributed by atoms with Gasteiger partial charge < -0.3 is 4.90 Å². The Labute approximate surface area is 154 Å². The highest BCUT2D eigenvalue weighted by Gasteiger charge is 2.27. The molecule has 0 radical (unpaired) electrons. The Morgan fingerprint density at radius 2 is 1.81 bits per heavy atom. The number of hydrogen-bond acceptors (Lipinski definition) is 4. The van der Waals surface area contributed by atoms with Crippen LogP contribution in [0.1, 0.15) is 15.9 Å². The van der Waals surface area contributed by atoms with E-state index in [-0.39, 0.29) is 23.0 Å². The second kappa shape index (κ2) is 7.80. The van der Waals surface area contributed by atoms with Crippen molar-refractivity contribution in [3.63, 3.8) is 0 Å². The van der Waals surface area contributed by atoms with Crippen LogP contribution >= 0.6 is 11.6 Å². The van der Waals surface area contributed by atoms with Crippen LogP contribution in [0, 0.1) is 15.9 Å². The Balaban J connectivity index is 1.66. The van der Waals surface area contributed by atoms with Gasteiger partial charge in [0.1, 0.15) is 11.4 Å². The molecule has 26 heavy (non-hydrogen) atoms. The number of carbonyl (C=O) groups excluding carboxylic acids is 1. The van der Waals surface area contributed by atoms with E-state index in [1.165, 1.54) is 24.3 Å². The second-order valence-corrected chi connectivity index (χ2v) is 6.45. The highest BCUT2D eigenvalue weighted by atomic mass is 35.5. The number of para-hydroxylation sites is 1. The summed E-state index contributed by atoms with van der Waals surface area (Å²) in [6.45, 7) is 2.26. The topological polar surface area (TPSA) is 66.7 Å². The maximum atomic E-state index is 13.9. The van der Waals surface area contributed by atoms with E-state index in [9.17, 15) is 19.3 Å². The van der Waals surface area contributed by atoms with Crippen molar-refractivity contribution in [3.8, 4) is 0 Å². The van der Waals surface area contributed by atoms with Crippen molar-refractivity contribution in [2.24, 2.45) is 0 Å². The van der Waals surface area contributed by atoms with Crippen LogP contribution in [0.3, 0.4) is 0 Å². The number of halogens is 2. The molecule has 1 fully saturated rings. The molecule has 8 heteroatoms. The summed E-state index contributed by atoms with van der Waals surface area (Å²) < 4.78 is 13.9. The number of carbonyl (C=O) groups is 1. The molecule has 0 bridgehead atoms. The van der Waals surface area contributed by atoms with Gasteiger partial charge in [-0.2, -0.15) is 0 Å². The molecule has 1 saturated heterocycles. The SMILES string of the molecule is O=C(c1ccccc1[N+](=O)[O-])N1CCN(Cc2c(F)cccc2Cl)CC1. The first-order chi connectivity index (χ1) is 12.5. The summed E-state index contributed by atoms with van der Waals surface area (Å²) in [6.07, 6.45) is 0. The zero-order valence-corrected chi connectivity index (χ0v) is 14.7. The van der Waals surface area contributed by atoms with E-state index in [2.05, 4.69) is 0 Å². The lowest BCUT2D eigenvalue weighted by Gasteiger charge is -2.34. The van der Waals surface area contributed by atoms with E-state index in [4.69, 9.17) is 11.6 Å². The van der Waals surface area contributed by atoms with E-state index in [0.717, 1.165) is 0 Å². The van der Waals surface area contributed by atoms with Crippen molar-refractivity contribution in [2.45, 2.75) is 6.54 Å². The van der Waals surface area contributed by atoms with Crippen LogP contribution in [0.4, 0.5) is 10.1 Å². The monoisotopic (exact) mass is 377 g/mol. The summed E-state index contributed by atoms with van der Waals surface area (Å²) in [5.41, 5.74) is 0.328. The van der Waals surface area contributed by atoms with Gasteiger partial charge in [-0.3, -0.25) is 19.8 Å². The van der Waals surface area contributed by atoms with Crippen molar-refractivity contribution in [3.05, 3.63) is 74.5 Å². The quantitative estimate of drug-likeness (QED) is 0.605. The van der Waals surface area contributed by atoms with E-state index < -0.39 is 4.92 Å². The second-order valence-electron chi connectivity index (χ2n) is 6.04. The minimum absolute atomic E-state index is 0.0862. The van der Waals surface area contributed by atoms with Gasteiger partial charge in [0.15, 0.2) is 0 Å². The fourth-order valence-electron chi connectivity index (χ4n) is 3.00. The van der Waals surface area contributed by atoms with Crippen molar-refractivity contribution >= 4 is 23.2 Å². The molecule has 0 atom stereocenters. The van der Waals surface area contributed by atoms with Crippen LogP contribution in [-0.2, 0) is 6.54 Å². The number of nitro groups is 1. The van der Waals surface area contributed by atoms with Crippen LogP contribution in [0.5, 0.6) is 0 Å². The molecule has 0 aliphatic carbocycles. The lowest BCUT2D eigenvalue weighted by atomic mass is 10.1. The van der Waals surface area contributed by atoms with Gasteiger partial charge in [-0.25, -0.2) is 4.39 Å². The molecule has 0 saturated carbocycles. The number of benzene rings is 2. The Morgan fingerprint density at radius 3 is 2.46 bits per heavy atom. The summed E-state index contributed by atoms with van der Waals surface area (Å²) in [5, 5.41) is 11.5. The van der Waals surface area contributed by atoms with Crippen LogP contribution in [-0.4, -0.2) is 46.8 Å². The first-order valence-corrected chi connectivity index (χ1v) is 8.53. The molecular weight excluding hydrogens is 361 g/mol. The average molecular weight is 378 g/mol. The van der Waals surface area contributed by atoms with Crippen molar-refractivity contribution < 1.29 is 14.1 Å². The molecule has 1 heterocycles. The number of piperazine rings is 1. The third-order valence-corrected chi connectivity index (χ3v) is 4.79. The predicted octanol–water partition coefficient (Wildman–Crippen LogP) is 3.35. The largest absolute Gasteiger partial charge is 0.336 e. The Morgan fingerprint density at radius 1 is 1.12 bits per heavy atom. The summed E-state index contributed by atoms with van der Waals surface area (Å²) in [4.78, 5) is 26.8. The zero-order valence-electron chi connectivity index (χ0n) is 13.9. The van der Waals surface area contributed by atoms with Gasteiger partial charge in [-0.1, -0.05) is 29.8 Å². The van der Waals surface area contributed by atoms with Crippen LogP contribution in [0.2, 0.25) is 5.02 Å². The van der Waals surface area contributed by atoms with E-state index in [0.29, 0.717) is 43.3 Å². The fraction of sp³-hybridized carbons (Fsp3) is 0.278. The normalized spacial score (nSPS) is 15.1. The molecule has 2 aromatic rings. The summed E-state index contributed by atoms with van der Waals surface area (Å²) in [5.74, 6) is -0.711. The molecule has 0 N–H and O–H groups in total. The van der Waals surface area contributed by atoms with Crippen molar-refractivity contribution in [1.29, 1.82) is 0 Å². The summed E-state index contributed by atoms with van der Waals surface area (Å²) in [6, 6.07) is 10.5. The van der Waals surface area contributed by atoms with Gasteiger partial charge in [-0.15, -0.1) is 0 Å². The smallest absolute Gasteiger partial charge is 0.282 e. The maximum Gasteiger partial charge on any atom is 0.282 e. The first kappa shape index (κ1) is 18.3. The van der Waals surface area contributed by atoms with Gasteiger partial charge in [-0.05, 0) is 18.2 Å². The van der Waals surface area contributed by atoms with Crippen LogP contribution < -0.4 is 0 Å². The molecule has 3 rings (SSSR count). The average Bonchev–Trinajstić information content (AvgIpc) is 2.65. The Hall–Kier alpha value is -2.51. The number of hydrogen-bond donors (Lipinski definition) is 0. The minimum Gasteiger partial charge on any atom is -0.336 e. The van der Waals surface area contributed by atoms with E-state index in [1.54, 1.807) is 23.1 Å². The van der Waals surface area contributed by atoms with E-state index in [1.807, 2.05) is 4.90 Å². The first-order valence-electron chi connectivity index (χ1n) is 8.15. The highest BCUT2D eigenvalue weighted by molar-refractivity contribution is 6.31. The third-order valence-electron chi connectivity index (χ3n) is 4.43. The highest BCUT2D eigenvalue weighted by Crippen LogP contribution is 2.23. The molecular formula is C18H17ClFN3O3. The summed E-state index contributed by atoms with van der Waals surface area (Å²) >= 11 is 6.06. The predicted molar refractivity (Wildman–Crippen MR) is 95.7 cm³/mol. The molecule has 6 nitrogen and oxygen atoms in total. The number of nitrogens with zero attached hydrogens (tertiary/aromatic N) is 3. The fourth-order valence-corrected chi connectivity index (χ4v) is 3.22. The van der Waals surface area contributed by atoms with Crippen molar-refractivity contribution in [2.75, 3.05) is 26.2 Å². The Kier molecular flexibility index (Phi) is 5.49. The van der Waals surface area contributed by atoms with Gasteiger partial charge in [0.05, 0.1) is 4.92 Å². The molecule has 2 aromatic carbocycles. The molecule has 1 aliphatic heterocycles. The molecule has 0 unspecified atom stereocenters. The Bertz CT molecular complexity index is 818. The van der Waals surface area contributed by atoms with Crippen LogP contribution in [0.25, 0.3) is 0 Å². The van der Waals surface area contributed by atoms with Crippen molar-refractivity contribution in [1.82, 2.24) is 9.80 Å². The molecule has 0 aromatic heterocycles.